The Hall–Kier alpha value is -1.58. The van der Waals surface area contributed by atoms with Crippen LogP contribution in [0, 0.1) is 5.82 Å². The van der Waals surface area contributed by atoms with Crippen LogP contribution in [0.2, 0.25) is 5.02 Å². The molecule has 0 radical (unpaired) electrons. The molecule has 0 aliphatic rings. The minimum absolute atomic E-state index is 0.0761. The molecule has 0 aliphatic heterocycles. The normalized spacial score (nSPS) is 10.4. The zero-order valence-corrected chi connectivity index (χ0v) is 10.3. The fourth-order valence-corrected chi connectivity index (χ4v) is 1.79. The summed E-state index contributed by atoms with van der Waals surface area (Å²) in [6, 6.07) is 11.4. The summed E-state index contributed by atoms with van der Waals surface area (Å²) in [6.45, 7) is 0.0399. The average molecular weight is 267 g/mol. The van der Waals surface area contributed by atoms with Crippen LogP contribution in [0.1, 0.15) is 11.1 Å². The first-order valence-electron chi connectivity index (χ1n) is 5.46. The van der Waals surface area contributed by atoms with Gasteiger partial charge in [0.2, 0.25) is 0 Å². The van der Waals surface area contributed by atoms with E-state index in [1.807, 2.05) is 0 Å². The Morgan fingerprint density at radius 2 is 1.94 bits per heavy atom. The van der Waals surface area contributed by atoms with Crippen molar-refractivity contribution in [1.82, 2.24) is 0 Å². The summed E-state index contributed by atoms with van der Waals surface area (Å²) in [6.07, 6.45) is 0. The van der Waals surface area contributed by atoms with E-state index in [-0.39, 0.29) is 19.0 Å². The predicted molar refractivity (Wildman–Crippen MR) is 68.1 cm³/mol. The molecule has 18 heavy (non-hydrogen) atoms. The van der Waals surface area contributed by atoms with Crippen molar-refractivity contribution in [2.75, 3.05) is 0 Å². The molecule has 0 aromatic heterocycles. The quantitative estimate of drug-likeness (QED) is 0.917. The lowest BCUT2D eigenvalue weighted by molar-refractivity contribution is 0.280. The summed E-state index contributed by atoms with van der Waals surface area (Å²) >= 11 is 5.98. The molecule has 0 bridgehead atoms. The van der Waals surface area contributed by atoms with Crippen molar-refractivity contribution in [2.45, 2.75) is 13.2 Å². The van der Waals surface area contributed by atoms with E-state index in [0.717, 1.165) is 0 Å². The van der Waals surface area contributed by atoms with E-state index >= 15 is 0 Å². The average Bonchev–Trinajstić information content (AvgIpc) is 2.39. The SMILES string of the molecule is OCc1ccc(OCc2ccccc2F)c(Cl)c1. The molecule has 0 heterocycles. The van der Waals surface area contributed by atoms with Crippen LogP contribution in [-0.4, -0.2) is 5.11 Å². The number of aliphatic hydroxyl groups is 1. The molecule has 0 amide bonds. The van der Waals surface area contributed by atoms with Crippen LogP contribution in [0.25, 0.3) is 0 Å². The molecule has 0 fully saturated rings. The van der Waals surface area contributed by atoms with Gasteiger partial charge in [0.15, 0.2) is 0 Å². The molecule has 0 saturated carbocycles. The van der Waals surface area contributed by atoms with E-state index in [9.17, 15) is 4.39 Å². The van der Waals surface area contributed by atoms with Crippen molar-refractivity contribution in [2.24, 2.45) is 0 Å². The van der Waals surface area contributed by atoms with Gasteiger partial charge in [-0.2, -0.15) is 0 Å². The van der Waals surface area contributed by atoms with E-state index in [2.05, 4.69) is 0 Å². The van der Waals surface area contributed by atoms with Gasteiger partial charge in [-0.3, -0.25) is 0 Å². The summed E-state index contributed by atoms with van der Waals surface area (Å²) < 4.78 is 18.8. The molecule has 2 rings (SSSR count). The van der Waals surface area contributed by atoms with E-state index < -0.39 is 0 Å². The van der Waals surface area contributed by atoms with Gasteiger partial charge in [0.1, 0.15) is 18.2 Å². The Bertz CT molecular complexity index is 543. The molecule has 4 heteroatoms. The summed E-state index contributed by atoms with van der Waals surface area (Å²) in [5.74, 6) is 0.165. The first-order valence-corrected chi connectivity index (χ1v) is 5.84. The highest BCUT2D eigenvalue weighted by Crippen LogP contribution is 2.26. The summed E-state index contributed by atoms with van der Waals surface area (Å²) in [5, 5.41) is 9.35. The number of hydrogen-bond donors (Lipinski definition) is 1. The highest BCUT2D eigenvalue weighted by atomic mass is 35.5. The van der Waals surface area contributed by atoms with Crippen molar-refractivity contribution in [3.8, 4) is 5.75 Å². The van der Waals surface area contributed by atoms with E-state index in [4.69, 9.17) is 21.4 Å². The molecule has 0 atom stereocenters. The van der Waals surface area contributed by atoms with Crippen molar-refractivity contribution < 1.29 is 14.2 Å². The zero-order chi connectivity index (χ0) is 13.0. The largest absolute Gasteiger partial charge is 0.487 e. The number of aliphatic hydroxyl groups excluding tert-OH is 1. The standard InChI is InChI=1S/C14H12ClFO2/c15-12-7-10(8-17)5-6-14(12)18-9-11-3-1-2-4-13(11)16/h1-7,17H,8-9H2. The maximum absolute atomic E-state index is 13.4. The third kappa shape index (κ3) is 3.00. The minimum Gasteiger partial charge on any atom is -0.487 e. The van der Waals surface area contributed by atoms with Crippen LogP contribution >= 0.6 is 11.6 Å². The van der Waals surface area contributed by atoms with Gasteiger partial charge >= 0.3 is 0 Å². The van der Waals surface area contributed by atoms with Gasteiger partial charge in [-0.05, 0) is 23.8 Å². The smallest absolute Gasteiger partial charge is 0.138 e. The van der Waals surface area contributed by atoms with E-state index in [0.29, 0.717) is 21.9 Å². The van der Waals surface area contributed by atoms with Gasteiger partial charge in [0.05, 0.1) is 11.6 Å². The van der Waals surface area contributed by atoms with Crippen LogP contribution < -0.4 is 4.74 Å². The molecule has 0 saturated heterocycles. The molecule has 94 valence electrons. The second kappa shape index (κ2) is 5.85. The van der Waals surface area contributed by atoms with Gasteiger partial charge in [-0.25, -0.2) is 4.39 Å². The Labute approximate surface area is 110 Å². The van der Waals surface area contributed by atoms with Crippen molar-refractivity contribution in [3.63, 3.8) is 0 Å². The molecule has 0 unspecified atom stereocenters. The van der Waals surface area contributed by atoms with E-state index in [1.165, 1.54) is 6.07 Å². The molecule has 0 aliphatic carbocycles. The molecule has 2 aromatic carbocycles. The van der Waals surface area contributed by atoms with Crippen LogP contribution in [0.3, 0.4) is 0 Å². The van der Waals surface area contributed by atoms with Gasteiger partial charge in [-0.1, -0.05) is 35.9 Å². The number of ether oxygens (including phenoxy) is 1. The molecular weight excluding hydrogens is 255 g/mol. The molecule has 0 spiro atoms. The van der Waals surface area contributed by atoms with Gasteiger partial charge in [0, 0.05) is 5.56 Å². The fraction of sp³-hybridized carbons (Fsp3) is 0.143. The third-order valence-electron chi connectivity index (χ3n) is 2.52. The van der Waals surface area contributed by atoms with Gasteiger partial charge < -0.3 is 9.84 Å². The lowest BCUT2D eigenvalue weighted by Crippen LogP contribution is -1.99. The first kappa shape index (κ1) is 12.9. The second-order valence-corrected chi connectivity index (χ2v) is 4.21. The van der Waals surface area contributed by atoms with Crippen molar-refractivity contribution in [3.05, 3.63) is 64.4 Å². The number of benzene rings is 2. The Kier molecular flexibility index (Phi) is 4.18. The third-order valence-corrected chi connectivity index (χ3v) is 2.82. The molecule has 2 aromatic rings. The monoisotopic (exact) mass is 266 g/mol. The number of rotatable bonds is 4. The highest BCUT2D eigenvalue weighted by Gasteiger charge is 2.05. The van der Waals surface area contributed by atoms with Crippen LogP contribution in [0.4, 0.5) is 4.39 Å². The lowest BCUT2D eigenvalue weighted by Gasteiger charge is -2.09. The predicted octanol–water partition coefficient (Wildman–Crippen LogP) is 3.55. The topological polar surface area (TPSA) is 29.5 Å². The Balaban J connectivity index is 2.09. The van der Waals surface area contributed by atoms with Crippen LogP contribution in [0.15, 0.2) is 42.5 Å². The maximum Gasteiger partial charge on any atom is 0.138 e. The Morgan fingerprint density at radius 3 is 2.61 bits per heavy atom. The van der Waals surface area contributed by atoms with E-state index in [1.54, 1.807) is 36.4 Å². The Morgan fingerprint density at radius 1 is 1.17 bits per heavy atom. The zero-order valence-electron chi connectivity index (χ0n) is 9.57. The number of halogens is 2. The summed E-state index contributed by atoms with van der Waals surface area (Å²) in [4.78, 5) is 0. The van der Waals surface area contributed by atoms with Crippen molar-refractivity contribution in [1.29, 1.82) is 0 Å². The highest BCUT2D eigenvalue weighted by molar-refractivity contribution is 6.32. The molecular formula is C14H12ClFO2. The number of hydrogen-bond acceptors (Lipinski definition) is 2. The maximum atomic E-state index is 13.4. The first-order chi connectivity index (χ1) is 8.70. The van der Waals surface area contributed by atoms with Gasteiger partial charge in [-0.15, -0.1) is 0 Å². The summed E-state index contributed by atoms with van der Waals surface area (Å²) in [7, 11) is 0. The minimum atomic E-state index is -0.305. The lowest BCUT2D eigenvalue weighted by atomic mass is 10.2. The van der Waals surface area contributed by atoms with Crippen molar-refractivity contribution >= 4 is 11.6 Å². The molecule has 2 nitrogen and oxygen atoms in total. The summed E-state index contributed by atoms with van der Waals surface area (Å²) in [5.41, 5.74) is 1.18. The van der Waals surface area contributed by atoms with Gasteiger partial charge in [0.25, 0.3) is 0 Å². The second-order valence-electron chi connectivity index (χ2n) is 3.80. The van der Waals surface area contributed by atoms with Crippen LogP contribution in [0.5, 0.6) is 5.75 Å². The van der Waals surface area contributed by atoms with Crippen LogP contribution in [-0.2, 0) is 13.2 Å². The molecule has 1 N–H and O–H groups in total. The fourth-order valence-electron chi connectivity index (χ4n) is 1.53.